The van der Waals surface area contributed by atoms with Crippen LogP contribution in [0, 0.1) is 0 Å². The first kappa shape index (κ1) is 34.4. The Labute approximate surface area is 261 Å². The van der Waals surface area contributed by atoms with Gasteiger partial charge in [-0.15, -0.1) is 0 Å². The van der Waals surface area contributed by atoms with Gasteiger partial charge in [-0.3, -0.25) is 14.4 Å². The van der Waals surface area contributed by atoms with Crippen LogP contribution in [0.3, 0.4) is 0 Å². The first-order chi connectivity index (χ1) is 21.3. The van der Waals surface area contributed by atoms with Gasteiger partial charge in [0.1, 0.15) is 18.7 Å². The molecule has 4 amide bonds. The number of thioether (sulfide) groups is 1. The van der Waals surface area contributed by atoms with Crippen LogP contribution >= 0.6 is 11.8 Å². The van der Waals surface area contributed by atoms with Crippen LogP contribution in [0.5, 0.6) is 0 Å². The van der Waals surface area contributed by atoms with Gasteiger partial charge in [-0.25, -0.2) is 9.59 Å². The molecule has 1 aliphatic heterocycles. The molecule has 44 heavy (non-hydrogen) atoms. The second-order valence-corrected chi connectivity index (χ2v) is 11.3. The zero-order valence-corrected chi connectivity index (χ0v) is 25.7. The molecular weight excluding hydrogens is 586 g/mol. The zero-order valence-electron chi connectivity index (χ0n) is 24.9. The molecule has 1 heterocycles. The number of rotatable bonds is 17. The number of hydrogen-bond donors (Lipinski definition) is 6. The molecule has 0 spiro atoms. The SMILES string of the molecule is CSCC[C@H](NC(=O)c1cccc2c1CCNC2)C(=O)NCC(=O)N[C@@H](CCCCNC(=O)OCc1ccccc1)C(=O)O. The molecule has 0 bridgehead atoms. The van der Waals surface area contributed by atoms with E-state index >= 15 is 0 Å². The largest absolute Gasteiger partial charge is 0.480 e. The second kappa shape index (κ2) is 18.5. The molecule has 0 saturated heterocycles. The first-order valence-electron chi connectivity index (χ1n) is 14.6. The van der Waals surface area contributed by atoms with E-state index in [9.17, 15) is 29.1 Å². The van der Waals surface area contributed by atoms with E-state index in [-0.39, 0.29) is 25.5 Å². The van der Waals surface area contributed by atoms with Crippen LogP contribution < -0.4 is 26.6 Å². The van der Waals surface area contributed by atoms with Gasteiger partial charge >= 0.3 is 12.1 Å². The highest BCUT2D eigenvalue weighted by molar-refractivity contribution is 7.98. The summed E-state index contributed by atoms with van der Waals surface area (Å²) in [5.74, 6) is -2.12. The maximum Gasteiger partial charge on any atom is 0.407 e. The van der Waals surface area contributed by atoms with E-state index in [1.165, 1.54) is 11.8 Å². The molecule has 0 unspecified atom stereocenters. The van der Waals surface area contributed by atoms with Gasteiger partial charge in [0.25, 0.3) is 5.91 Å². The summed E-state index contributed by atoms with van der Waals surface area (Å²) < 4.78 is 5.13. The van der Waals surface area contributed by atoms with E-state index in [4.69, 9.17) is 4.74 Å². The Morgan fingerprint density at radius 1 is 0.955 bits per heavy atom. The average Bonchev–Trinajstić information content (AvgIpc) is 3.03. The lowest BCUT2D eigenvalue weighted by Gasteiger charge is -2.22. The smallest absolute Gasteiger partial charge is 0.407 e. The van der Waals surface area contributed by atoms with Crippen molar-refractivity contribution in [3.8, 4) is 0 Å². The fourth-order valence-electron chi connectivity index (χ4n) is 4.72. The minimum atomic E-state index is -1.20. The molecule has 6 N–H and O–H groups in total. The molecule has 0 aromatic heterocycles. The number of carboxylic acid groups (broad SMARTS) is 1. The zero-order chi connectivity index (χ0) is 31.7. The van der Waals surface area contributed by atoms with Gasteiger partial charge in [0.15, 0.2) is 0 Å². The molecule has 0 radical (unpaired) electrons. The third kappa shape index (κ3) is 11.5. The third-order valence-electron chi connectivity index (χ3n) is 7.08. The van der Waals surface area contributed by atoms with E-state index in [0.29, 0.717) is 43.5 Å². The Morgan fingerprint density at radius 2 is 1.75 bits per heavy atom. The van der Waals surface area contributed by atoms with Gasteiger partial charge in [0, 0.05) is 18.7 Å². The maximum atomic E-state index is 13.1. The van der Waals surface area contributed by atoms with Crippen LogP contribution in [0.15, 0.2) is 48.5 Å². The van der Waals surface area contributed by atoms with Crippen molar-refractivity contribution in [2.75, 3.05) is 31.6 Å². The summed E-state index contributed by atoms with van der Waals surface area (Å²) in [5, 5.41) is 23.2. The molecule has 2 atom stereocenters. The number of nitrogens with one attached hydrogen (secondary N) is 5. The average molecular weight is 628 g/mol. The Bertz CT molecular complexity index is 1280. The third-order valence-corrected chi connectivity index (χ3v) is 7.72. The molecule has 3 rings (SSSR count). The molecule has 0 fully saturated rings. The molecule has 0 saturated carbocycles. The number of carboxylic acids is 1. The molecule has 238 valence electrons. The summed E-state index contributed by atoms with van der Waals surface area (Å²) in [4.78, 5) is 62.2. The summed E-state index contributed by atoms with van der Waals surface area (Å²) in [6.07, 6.45) is 3.44. The van der Waals surface area contributed by atoms with E-state index in [2.05, 4.69) is 26.6 Å². The molecule has 1 aliphatic rings. The predicted octanol–water partition coefficient (Wildman–Crippen LogP) is 1.97. The molecule has 12 nitrogen and oxygen atoms in total. The minimum absolute atomic E-state index is 0.138. The quantitative estimate of drug-likeness (QED) is 0.143. The van der Waals surface area contributed by atoms with E-state index in [1.807, 2.05) is 48.7 Å². The van der Waals surface area contributed by atoms with Crippen molar-refractivity contribution in [2.24, 2.45) is 0 Å². The molecule has 13 heteroatoms. The van der Waals surface area contributed by atoms with Gasteiger partial charge in [-0.2, -0.15) is 11.8 Å². The first-order valence-corrected chi connectivity index (χ1v) is 16.0. The molecule has 2 aromatic rings. The lowest BCUT2D eigenvalue weighted by atomic mass is 9.95. The minimum Gasteiger partial charge on any atom is -0.480 e. The number of carbonyl (C=O) groups excluding carboxylic acids is 4. The Morgan fingerprint density at radius 3 is 2.50 bits per heavy atom. The lowest BCUT2D eigenvalue weighted by Crippen LogP contribution is -2.51. The number of carbonyl (C=O) groups is 5. The van der Waals surface area contributed by atoms with Crippen LogP contribution in [0.4, 0.5) is 4.79 Å². The van der Waals surface area contributed by atoms with Gasteiger partial charge < -0.3 is 36.4 Å². The summed E-state index contributed by atoms with van der Waals surface area (Å²) in [6, 6.07) is 12.8. The Kier molecular flexibility index (Phi) is 14.5. The standard InChI is InChI=1S/C31H41N5O7S/c1-44-17-14-25(36-28(38)24-11-7-10-22-18-32-16-13-23(22)24)29(39)34-19-27(37)35-26(30(40)41)12-5-6-15-33-31(42)43-20-21-8-3-2-4-9-21/h2-4,7-11,25-26,32H,5-6,12-20H2,1H3,(H,33,42)(H,34,39)(H,35,37)(H,36,38)(H,40,41)/t25-,26-/m0/s1. The Balaban J connectivity index is 1.40. The number of amides is 4. The fourth-order valence-corrected chi connectivity index (χ4v) is 5.19. The lowest BCUT2D eigenvalue weighted by molar-refractivity contribution is -0.142. The highest BCUT2D eigenvalue weighted by Gasteiger charge is 2.25. The van der Waals surface area contributed by atoms with Crippen LogP contribution in [0.2, 0.25) is 0 Å². The van der Waals surface area contributed by atoms with Gasteiger partial charge in [0.2, 0.25) is 11.8 Å². The van der Waals surface area contributed by atoms with Crippen LogP contribution in [0.25, 0.3) is 0 Å². The Hall–Kier alpha value is -4.10. The van der Waals surface area contributed by atoms with E-state index in [1.54, 1.807) is 6.07 Å². The molecular formula is C31H41N5O7S. The molecule has 2 aromatic carbocycles. The number of ether oxygens (including phenoxy) is 1. The van der Waals surface area contributed by atoms with Crippen LogP contribution in [0.1, 0.15) is 52.7 Å². The van der Waals surface area contributed by atoms with Crippen molar-refractivity contribution >= 4 is 41.5 Å². The summed E-state index contributed by atoms with van der Waals surface area (Å²) in [5.41, 5.74) is 3.41. The van der Waals surface area contributed by atoms with Gasteiger partial charge in [-0.05, 0) is 73.4 Å². The van der Waals surface area contributed by atoms with Crippen molar-refractivity contribution in [3.05, 3.63) is 70.8 Å². The predicted molar refractivity (Wildman–Crippen MR) is 167 cm³/mol. The number of alkyl carbamates (subject to hydrolysis) is 1. The second-order valence-electron chi connectivity index (χ2n) is 10.3. The summed E-state index contributed by atoms with van der Waals surface area (Å²) in [7, 11) is 0. The monoisotopic (exact) mass is 627 g/mol. The van der Waals surface area contributed by atoms with Crippen molar-refractivity contribution in [1.29, 1.82) is 0 Å². The number of fused-ring (bicyclic) bond motifs is 1. The fraction of sp³-hybridized carbons (Fsp3) is 0.452. The highest BCUT2D eigenvalue weighted by Crippen LogP contribution is 2.19. The van der Waals surface area contributed by atoms with Crippen LogP contribution in [-0.4, -0.2) is 78.6 Å². The van der Waals surface area contributed by atoms with Gasteiger partial charge in [-0.1, -0.05) is 42.5 Å². The topological polar surface area (TPSA) is 175 Å². The number of benzene rings is 2. The summed E-state index contributed by atoms with van der Waals surface area (Å²) >= 11 is 1.53. The van der Waals surface area contributed by atoms with Crippen molar-refractivity contribution in [1.82, 2.24) is 26.6 Å². The molecule has 0 aliphatic carbocycles. The van der Waals surface area contributed by atoms with Crippen LogP contribution in [-0.2, 0) is 38.7 Å². The number of aliphatic carboxylic acids is 1. The maximum absolute atomic E-state index is 13.1. The van der Waals surface area contributed by atoms with E-state index < -0.39 is 42.5 Å². The number of unbranched alkanes of at least 4 members (excludes halogenated alkanes) is 1. The number of hydrogen-bond acceptors (Lipinski definition) is 8. The van der Waals surface area contributed by atoms with Gasteiger partial charge in [0.05, 0.1) is 6.54 Å². The van der Waals surface area contributed by atoms with Crippen molar-refractivity contribution < 1.29 is 33.8 Å². The van der Waals surface area contributed by atoms with Crippen molar-refractivity contribution in [3.63, 3.8) is 0 Å². The van der Waals surface area contributed by atoms with E-state index in [0.717, 1.165) is 23.2 Å². The summed E-state index contributed by atoms with van der Waals surface area (Å²) in [6.45, 7) is 1.44. The normalized spacial score (nSPS) is 13.5. The van der Waals surface area contributed by atoms with Crippen molar-refractivity contribution in [2.45, 2.75) is 57.3 Å². The highest BCUT2D eigenvalue weighted by atomic mass is 32.2.